The summed E-state index contributed by atoms with van der Waals surface area (Å²) >= 11 is 1.75. The van der Waals surface area contributed by atoms with Crippen molar-refractivity contribution in [1.29, 1.82) is 0 Å². The summed E-state index contributed by atoms with van der Waals surface area (Å²) in [7, 11) is 0. The summed E-state index contributed by atoms with van der Waals surface area (Å²) in [5.74, 6) is 0.111. The zero-order valence-electron chi connectivity index (χ0n) is 10.7. The largest absolute Gasteiger partial charge is 0.508 e. The van der Waals surface area contributed by atoms with Crippen LogP contribution in [-0.4, -0.2) is 5.11 Å². The second kappa shape index (κ2) is 4.56. The first kappa shape index (κ1) is 12.0. The van der Waals surface area contributed by atoms with Gasteiger partial charge in [-0.1, -0.05) is 36.9 Å². The minimum absolute atomic E-state index is 0.111. The molecule has 0 bridgehead atoms. The molecule has 0 spiro atoms. The molecule has 2 aromatic carbocycles. The maximum Gasteiger partial charge on any atom is 0.115 e. The molecule has 0 aliphatic rings. The first-order valence-corrected chi connectivity index (χ1v) is 7.00. The molecule has 19 heavy (non-hydrogen) atoms. The van der Waals surface area contributed by atoms with E-state index >= 15 is 0 Å². The van der Waals surface area contributed by atoms with E-state index in [1.807, 2.05) is 18.2 Å². The van der Waals surface area contributed by atoms with Crippen molar-refractivity contribution in [2.45, 2.75) is 6.92 Å². The second-order valence-corrected chi connectivity index (χ2v) is 5.54. The van der Waals surface area contributed by atoms with Gasteiger partial charge in [0.1, 0.15) is 5.76 Å². The van der Waals surface area contributed by atoms with Crippen molar-refractivity contribution in [3.63, 3.8) is 0 Å². The molecule has 0 saturated carbocycles. The fraction of sp³-hybridized carbons (Fsp3) is 0.0588. The van der Waals surface area contributed by atoms with Gasteiger partial charge in [-0.25, -0.2) is 0 Å². The number of aliphatic hydroxyl groups excluding tert-OH is 1. The summed E-state index contributed by atoms with van der Waals surface area (Å²) in [5.41, 5.74) is 3.27. The molecular formula is C17H14OS. The quantitative estimate of drug-likeness (QED) is 0.615. The van der Waals surface area contributed by atoms with Crippen molar-refractivity contribution in [2.75, 3.05) is 0 Å². The van der Waals surface area contributed by atoms with E-state index in [1.165, 1.54) is 21.4 Å². The van der Waals surface area contributed by atoms with Gasteiger partial charge in [-0.2, -0.15) is 0 Å². The van der Waals surface area contributed by atoms with Gasteiger partial charge in [0, 0.05) is 10.4 Å². The lowest BCUT2D eigenvalue weighted by Gasteiger charge is -2.08. The maximum atomic E-state index is 9.57. The Morgan fingerprint density at radius 3 is 2.68 bits per heavy atom. The van der Waals surface area contributed by atoms with Crippen LogP contribution < -0.4 is 0 Å². The standard InChI is InChI=1S/C17H14OS/c1-11-8-9-19-17(11)15-5-3-4-13-6-7-14(12(2)18)10-16(13)15/h3-10,18H,2H2,1H3. The normalized spacial score (nSPS) is 10.8. The Hall–Kier alpha value is -2.06. The van der Waals surface area contributed by atoms with E-state index in [-0.39, 0.29) is 5.76 Å². The fourth-order valence-corrected chi connectivity index (χ4v) is 3.27. The third kappa shape index (κ3) is 2.04. The Kier molecular flexibility index (Phi) is 2.88. The SMILES string of the molecule is C=C(O)c1ccc2cccc(-c3sccc3C)c2c1. The average molecular weight is 266 g/mol. The number of aliphatic hydroxyl groups is 1. The predicted octanol–water partition coefficient (Wildman–Crippen LogP) is 5.41. The summed E-state index contributed by atoms with van der Waals surface area (Å²) in [4.78, 5) is 1.28. The van der Waals surface area contributed by atoms with E-state index in [9.17, 15) is 5.11 Å². The second-order valence-electron chi connectivity index (χ2n) is 4.62. The highest BCUT2D eigenvalue weighted by atomic mass is 32.1. The summed E-state index contributed by atoms with van der Waals surface area (Å²) in [6.07, 6.45) is 0. The molecule has 2 heteroatoms. The van der Waals surface area contributed by atoms with Gasteiger partial charge in [-0.05, 0) is 46.3 Å². The highest BCUT2D eigenvalue weighted by Crippen LogP contribution is 2.35. The van der Waals surface area contributed by atoms with E-state index in [0.717, 1.165) is 10.9 Å². The highest BCUT2D eigenvalue weighted by Gasteiger charge is 2.08. The molecule has 0 aliphatic carbocycles. The van der Waals surface area contributed by atoms with Crippen LogP contribution in [0.5, 0.6) is 0 Å². The molecule has 0 radical (unpaired) electrons. The molecule has 1 aromatic heterocycles. The molecule has 0 aliphatic heterocycles. The third-order valence-corrected chi connectivity index (χ3v) is 4.37. The number of fused-ring (bicyclic) bond motifs is 1. The number of thiophene rings is 1. The van der Waals surface area contributed by atoms with E-state index in [0.29, 0.717) is 0 Å². The fourth-order valence-electron chi connectivity index (χ4n) is 2.30. The zero-order chi connectivity index (χ0) is 13.4. The minimum Gasteiger partial charge on any atom is -0.508 e. The molecule has 1 N–H and O–H groups in total. The number of benzene rings is 2. The van der Waals surface area contributed by atoms with E-state index in [2.05, 4.69) is 43.1 Å². The summed E-state index contributed by atoms with van der Waals surface area (Å²) in [5, 5.41) is 14.0. The van der Waals surface area contributed by atoms with Crippen molar-refractivity contribution in [1.82, 2.24) is 0 Å². The highest BCUT2D eigenvalue weighted by molar-refractivity contribution is 7.13. The van der Waals surface area contributed by atoms with Crippen molar-refractivity contribution in [3.05, 3.63) is 65.6 Å². The average Bonchev–Trinajstić information content (AvgIpc) is 2.83. The number of aryl methyl sites for hydroxylation is 1. The first-order valence-electron chi connectivity index (χ1n) is 6.12. The van der Waals surface area contributed by atoms with Gasteiger partial charge >= 0.3 is 0 Å². The predicted molar refractivity (Wildman–Crippen MR) is 83.7 cm³/mol. The third-order valence-electron chi connectivity index (χ3n) is 3.32. The smallest absolute Gasteiger partial charge is 0.115 e. The van der Waals surface area contributed by atoms with E-state index in [1.54, 1.807) is 11.3 Å². The molecule has 1 heterocycles. The number of hydrogen-bond donors (Lipinski definition) is 1. The number of hydrogen-bond acceptors (Lipinski definition) is 2. The molecule has 1 nitrogen and oxygen atoms in total. The molecule has 0 atom stereocenters. The Balaban J connectivity index is 2.33. The molecule has 0 unspecified atom stereocenters. The first-order chi connectivity index (χ1) is 9.16. The summed E-state index contributed by atoms with van der Waals surface area (Å²) in [6.45, 7) is 5.72. The van der Waals surface area contributed by atoms with Gasteiger partial charge < -0.3 is 5.11 Å². The lowest BCUT2D eigenvalue weighted by Crippen LogP contribution is -1.85. The van der Waals surface area contributed by atoms with Gasteiger partial charge in [0.15, 0.2) is 0 Å². The minimum atomic E-state index is 0.111. The van der Waals surface area contributed by atoms with E-state index < -0.39 is 0 Å². The van der Waals surface area contributed by atoms with Crippen LogP contribution in [0.1, 0.15) is 11.1 Å². The molecule has 3 aromatic rings. The van der Waals surface area contributed by atoms with Crippen LogP contribution in [0.25, 0.3) is 27.0 Å². The van der Waals surface area contributed by atoms with Crippen LogP contribution >= 0.6 is 11.3 Å². The van der Waals surface area contributed by atoms with Gasteiger partial charge in [0.25, 0.3) is 0 Å². The van der Waals surface area contributed by atoms with Gasteiger partial charge in [0.05, 0.1) is 0 Å². The zero-order valence-corrected chi connectivity index (χ0v) is 11.5. The van der Waals surface area contributed by atoms with Crippen LogP contribution in [0.4, 0.5) is 0 Å². The van der Waals surface area contributed by atoms with Crippen LogP contribution in [-0.2, 0) is 0 Å². The molecule has 3 rings (SSSR count). The van der Waals surface area contributed by atoms with Crippen molar-refractivity contribution < 1.29 is 5.11 Å². The van der Waals surface area contributed by atoms with Crippen LogP contribution in [0.3, 0.4) is 0 Å². The lowest BCUT2D eigenvalue weighted by atomic mass is 9.99. The van der Waals surface area contributed by atoms with Gasteiger partial charge in [0.2, 0.25) is 0 Å². The van der Waals surface area contributed by atoms with Crippen LogP contribution in [0, 0.1) is 6.92 Å². The Bertz CT molecular complexity index is 768. The monoisotopic (exact) mass is 266 g/mol. The number of rotatable bonds is 2. The Morgan fingerprint density at radius 2 is 2.00 bits per heavy atom. The topological polar surface area (TPSA) is 20.2 Å². The molecule has 0 amide bonds. The van der Waals surface area contributed by atoms with Gasteiger partial charge in [-0.3, -0.25) is 0 Å². The molecular weight excluding hydrogens is 252 g/mol. The maximum absolute atomic E-state index is 9.57. The van der Waals surface area contributed by atoms with Gasteiger partial charge in [-0.15, -0.1) is 11.3 Å². The summed E-state index contributed by atoms with van der Waals surface area (Å²) < 4.78 is 0. The van der Waals surface area contributed by atoms with E-state index in [4.69, 9.17) is 0 Å². The van der Waals surface area contributed by atoms with Crippen molar-refractivity contribution >= 4 is 27.9 Å². The van der Waals surface area contributed by atoms with Crippen molar-refractivity contribution in [2.24, 2.45) is 0 Å². The molecule has 94 valence electrons. The summed E-state index contributed by atoms with van der Waals surface area (Å²) in [6, 6.07) is 14.4. The van der Waals surface area contributed by atoms with Crippen LogP contribution in [0.2, 0.25) is 0 Å². The van der Waals surface area contributed by atoms with Crippen LogP contribution in [0.15, 0.2) is 54.4 Å². The molecule has 0 saturated heterocycles. The Labute approximate surface area is 116 Å². The Morgan fingerprint density at radius 1 is 1.16 bits per heavy atom. The molecule has 0 fully saturated rings. The lowest BCUT2D eigenvalue weighted by molar-refractivity contribution is 0.514. The van der Waals surface area contributed by atoms with Crippen molar-refractivity contribution in [3.8, 4) is 10.4 Å².